The van der Waals surface area contributed by atoms with Crippen molar-refractivity contribution in [2.45, 2.75) is 33.4 Å². The summed E-state index contributed by atoms with van der Waals surface area (Å²) >= 11 is 0. The lowest BCUT2D eigenvalue weighted by Gasteiger charge is -2.21. The summed E-state index contributed by atoms with van der Waals surface area (Å²) in [5.74, 6) is -4.38. The molecule has 3 rings (SSSR count). The van der Waals surface area contributed by atoms with Gasteiger partial charge in [-0.25, -0.2) is 18.6 Å². The molecule has 0 aliphatic carbocycles. The first-order valence-electron chi connectivity index (χ1n) is 9.58. The van der Waals surface area contributed by atoms with E-state index in [1.165, 1.54) is 10.5 Å². The zero-order valence-corrected chi connectivity index (χ0v) is 17.2. The van der Waals surface area contributed by atoms with Crippen LogP contribution in [0.5, 0.6) is 0 Å². The van der Waals surface area contributed by atoms with Crippen LogP contribution in [0.2, 0.25) is 0 Å². The zero-order valence-electron chi connectivity index (χ0n) is 17.2. The number of pyridine rings is 1. The van der Waals surface area contributed by atoms with E-state index in [0.29, 0.717) is 5.65 Å². The number of carbonyl (C=O) groups excluding carboxylic acids is 2. The quantitative estimate of drug-likeness (QED) is 0.609. The van der Waals surface area contributed by atoms with E-state index in [-0.39, 0.29) is 17.9 Å². The Morgan fingerprint density at radius 1 is 1.16 bits per heavy atom. The Hall–Kier alpha value is -3.62. The molecule has 0 spiro atoms. The van der Waals surface area contributed by atoms with E-state index in [2.05, 4.69) is 10.3 Å². The van der Waals surface area contributed by atoms with E-state index >= 15 is 0 Å². The number of amides is 1. The lowest BCUT2D eigenvalue weighted by atomic mass is 10.0. The lowest BCUT2D eigenvalue weighted by molar-refractivity contribution is -0.148. The number of hydrogen-bond acceptors (Lipinski definition) is 5. The average molecular weight is 429 g/mol. The number of fused-ring (bicyclic) bond motifs is 1. The lowest BCUT2D eigenvalue weighted by Crippen LogP contribution is -2.45. The summed E-state index contributed by atoms with van der Waals surface area (Å²) < 4.78 is 34.3. The standard InChI is InChI=1S/C22H21F2N3O4/c1-12(2)20(26-21(29)19-15(23)5-4-6-16(19)24)22(30)31-11-14-9-18(28)27-10-13(3)7-8-17(27)25-14/h4-10,12,20H,11H2,1-3H3,(H,26,29). The number of aromatic nitrogens is 2. The minimum absolute atomic E-state index is 0.233. The Labute approximate surface area is 176 Å². The number of esters is 1. The van der Waals surface area contributed by atoms with Gasteiger partial charge in [-0.15, -0.1) is 0 Å². The van der Waals surface area contributed by atoms with Crippen LogP contribution in [0.15, 0.2) is 47.4 Å². The van der Waals surface area contributed by atoms with Gasteiger partial charge >= 0.3 is 5.97 Å². The van der Waals surface area contributed by atoms with E-state index < -0.39 is 41.0 Å². The Kier molecular flexibility index (Phi) is 6.43. The molecule has 31 heavy (non-hydrogen) atoms. The molecule has 9 heteroatoms. The van der Waals surface area contributed by atoms with Gasteiger partial charge in [-0.2, -0.15) is 0 Å². The van der Waals surface area contributed by atoms with Crippen molar-refractivity contribution >= 4 is 17.5 Å². The maximum Gasteiger partial charge on any atom is 0.329 e. The first-order valence-corrected chi connectivity index (χ1v) is 9.58. The molecule has 1 aromatic carbocycles. The highest BCUT2D eigenvalue weighted by molar-refractivity contribution is 5.97. The maximum atomic E-state index is 13.9. The minimum Gasteiger partial charge on any atom is -0.458 e. The Bertz CT molecular complexity index is 1190. The number of nitrogens with one attached hydrogen (secondary N) is 1. The van der Waals surface area contributed by atoms with Gasteiger partial charge in [0.2, 0.25) is 0 Å². The van der Waals surface area contributed by atoms with Crippen LogP contribution in [0.3, 0.4) is 0 Å². The highest BCUT2D eigenvalue weighted by atomic mass is 19.1. The number of halogens is 2. The fourth-order valence-electron chi connectivity index (χ4n) is 2.99. The molecule has 162 valence electrons. The molecule has 1 unspecified atom stereocenters. The first kappa shape index (κ1) is 22.1. The highest BCUT2D eigenvalue weighted by Crippen LogP contribution is 2.14. The van der Waals surface area contributed by atoms with Crippen LogP contribution in [0.4, 0.5) is 8.78 Å². The molecule has 0 saturated carbocycles. The van der Waals surface area contributed by atoms with Crippen molar-refractivity contribution in [2.24, 2.45) is 5.92 Å². The zero-order chi connectivity index (χ0) is 22.7. The van der Waals surface area contributed by atoms with Gasteiger partial charge in [0.25, 0.3) is 11.5 Å². The number of rotatable bonds is 6. The summed E-state index contributed by atoms with van der Waals surface area (Å²) in [6, 6.07) is 6.59. The van der Waals surface area contributed by atoms with Gasteiger partial charge in [0.15, 0.2) is 0 Å². The van der Waals surface area contributed by atoms with Crippen LogP contribution in [-0.2, 0) is 16.1 Å². The van der Waals surface area contributed by atoms with Crippen molar-refractivity contribution in [2.75, 3.05) is 0 Å². The van der Waals surface area contributed by atoms with Crippen LogP contribution in [-0.4, -0.2) is 27.3 Å². The molecule has 1 amide bonds. The summed E-state index contributed by atoms with van der Waals surface area (Å²) in [5.41, 5.74) is 0.408. The molecular weight excluding hydrogens is 408 g/mol. The molecule has 1 N–H and O–H groups in total. The molecule has 3 aromatic rings. The summed E-state index contributed by atoms with van der Waals surface area (Å²) in [6.45, 7) is 4.83. The van der Waals surface area contributed by atoms with Gasteiger partial charge < -0.3 is 10.1 Å². The van der Waals surface area contributed by atoms with E-state index in [1.54, 1.807) is 32.2 Å². The van der Waals surface area contributed by atoms with Gasteiger partial charge in [0.1, 0.15) is 35.5 Å². The molecule has 0 fully saturated rings. The largest absolute Gasteiger partial charge is 0.458 e. The highest BCUT2D eigenvalue weighted by Gasteiger charge is 2.28. The van der Waals surface area contributed by atoms with Gasteiger partial charge in [0.05, 0.1) is 5.69 Å². The Balaban J connectivity index is 1.74. The summed E-state index contributed by atoms with van der Waals surface area (Å²) in [7, 11) is 0. The van der Waals surface area contributed by atoms with Crippen LogP contribution in [0.25, 0.3) is 5.65 Å². The van der Waals surface area contributed by atoms with Gasteiger partial charge in [-0.3, -0.25) is 14.0 Å². The molecular formula is C22H21F2N3O4. The number of aryl methyl sites for hydroxylation is 1. The topological polar surface area (TPSA) is 89.8 Å². The number of benzene rings is 1. The van der Waals surface area contributed by atoms with Crippen LogP contribution in [0, 0.1) is 24.5 Å². The Morgan fingerprint density at radius 2 is 1.84 bits per heavy atom. The second-order valence-corrected chi connectivity index (χ2v) is 7.42. The van der Waals surface area contributed by atoms with E-state index in [4.69, 9.17) is 4.74 Å². The number of nitrogens with zero attached hydrogens (tertiary/aromatic N) is 2. The van der Waals surface area contributed by atoms with E-state index in [9.17, 15) is 23.2 Å². The summed E-state index contributed by atoms with van der Waals surface area (Å²) in [4.78, 5) is 41.4. The SMILES string of the molecule is Cc1ccc2nc(COC(=O)C(NC(=O)c3c(F)cccc3F)C(C)C)cc(=O)n2c1. The van der Waals surface area contributed by atoms with Crippen molar-refractivity contribution in [3.63, 3.8) is 0 Å². The van der Waals surface area contributed by atoms with Crippen molar-refractivity contribution < 1.29 is 23.1 Å². The van der Waals surface area contributed by atoms with Crippen molar-refractivity contribution in [3.05, 3.63) is 81.4 Å². The monoisotopic (exact) mass is 429 g/mol. The van der Waals surface area contributed by atoms with Crippen molar-refractivity contribution in [1.29, 1.82) is 0 Å². The minimum atomic E-state index is -1.16. The Morgan fingerprint density at radius 3 is 2.48 bits per heavy atom. The van der Waals surface area contributed by atoms with Gasteiger partial charge in [-0.05, 0) is 36.6 Å². The first-order chi connectivity index (χ1) is 14.7. The van der Waals surface area contributed by atoms with Crippen LogP contribution in [0.1, 0.15) is 35.5 Å². The molecule has 2 heterocycles. The molecule has 2 aromatic heterocycles. The molecule has 1 atom stereocenters. The predicted octanol–water partition coefficient (Wildman–Crippen LogP) is 2.78. The fraction of sp³-hybridized carbons (Fsp3) is 0.273. The van der Waals surface area contributed by atoms with E-state index in [1.807, 2.05) is 6.92 Å². The second kappa shape index (κ2) is 9.03. The van der Waals surface area contributed by atoms with Crippen LogP contribution < -0.4 is 10.9 Å². The molecule has 7 nitrogen and oxygen atoms in total. The second-order valence-electron chi connectivity index (χ2n) is 7.42. The van der Waals surface area contributed by atoms with E-state index in [0.717, 1.165) is 23.8 Å². The fourth-order valence-corrected chi connectivity index (χ4v) is 2.99. The maximum absolute atomic E-state index is 13.9. The third-order valence-corrected chi connectivity index (χ3v) is 4.62. The molecule has 0 aliphatic rings. The van der Waals surface area contributed by atoms with Gasteiger partial charge in [0, 0.05) is 12.3 Å². The molecule has 0 bridgehead atoms. The number of hydrogen-bond donors (Lipinski definition) is 1. The normalized spacial score (nSPS) is 12.1. The third kappa shape index (κ3) is 4.93. The molecule has 0 saturated heterocycles. The predicted molar refractivity (Wildman–Crippen MR) is 108 cm³/mol. The average Bonchev–Trinajstić information content (AvgIpc) is 2.70. The summed E-state index contributed by atoms with van der Waals surface area (Å²) in [6.07, 6.45) is 1.65. The third-order valence-electron chi connectivity index (χ3n) is 4.62. The molecule has 0 radical (unpaired) electrons. The van der Waals surface area contributed by atoms with Crippen molar-refractivity contribution in [1.82, 2.24) is 14.7 Å². The van der Waals surface area contributed by atoms with Crippen molar-refractivity contribution in [3.8, 4) is 0 Å². The molecule has 0 aliphatic heterocycles. The number of carbonyl (C=O) groups is 2. The van der Waals surface area contributed by atoms with Gasteiger partial charge in [-0.1, -0.05) is 26.0 Å². The number of ether oxygens (including phenoxy) is 1. The smallest absolute Gasteiger partial charge is 0.329 e. The van der Waals surface area contributed by atoms with Crippen LogP contribution >= 0.6 is 0 Å². The summed E-state index contributed by atoms with van der Waals surface area (Å²) in [5, 5.41) is 2.32.